The first kappa shape index (κ1) is 35.4. The van der Waals surface area contributed by atoms with Gasteiger partial charge in [-0.1, -0.05) is 188 Å². The van der Waals surface area contributed by atoms with E-state index < -0.39 is 5.41 Å². The van der Waals surface area contributed by atoms with Crippen LogP contribution >= 0.6 is 0 Å². The minimum Gasteiger partial charge on any atom is -0.456 e. The second kappa shape index (κ2) is 13.8. The Kier molecular flexibility index (Phi) is 7.75. The minimum absolute atomic E-state index is 0.539. The lowest BCUT2D eigenvalue weighted by Gasteiger charge is -2.32. The van der Waals surface area contributed by atoms with E-state index in [1.165, 1.54) is 0 Å². The fourth-order valence-corrected chi connectivity index (χ4v) is 10.2. The highest BCUT2D eigenvalue weighted by Crippen LogP contribution is 2.56. The van der Waals surface area contributed by atoms with Gasteiger partial charge in [-0.25, -0.2) is 4.98 Å². The molecule has 0 atom stereocenters. The lowest BCUT2D eigenvalue weighted by Crippen LogP contribution is -2.32. The van der Waals surface area contributed by atoms with Gasteiger partial charge in [0.25, 0.3) is 0 Å². The number of hydrogen-bond donors (Lipinski definition) is 0. The molecule has 63 heavy (non-hydrogen) atoms. The van der Waals surface area contributed by atoms with E-state index in [0.717, 1.165) is 99.4 Å². The van der Waals surface area contributed by atoms with E-state index in [0.29, 0.717) is 17.6 Å². The number of benzene rings is 9. The molecule has 9 aromatic carbocycles. The van der Waals surface area contributed by atoms with Crippen molar-refractivity contribution >= 4 is 43.7 Å². The summed E-state index contributed by atoms with van der Waals surface area (Å²) in [5.74, 6) is 1.74. The van der Waals surface area contributed by atoms with Crippen molar-refractivity contribution in [2.24, 2.45) is 0 Å². The largest absolute Gasteiger partial charge is 0.456 e. The molecule has 5 heteroatoms. The molecule has 1 aliphatic carbocycles. The number of fused-ring (bicyclic) bond motifs is 9. The first-order valence-electron chi connectivity index (χ1n) is 21.4. The van der Waals surface area contributed by atoms with E-state index in [9.17, 15) is 0 Å². The van der Waals surface area contributed by atoms with E-state index >= 15 is 0 Å². The molecule has 0 amide bonds. The highest BCUT2D eigenvalue weighted by molar-refractivity contribution is 6.12. The average Bonchev–Trinajstić information content (AvgIpc) is 4.01. The van der Waals surface area contributed by atoms with Gasteiger partial charge in [0.2, 0.25) is 5.95 Å². The van der Waals surface area contributed by atoms with E-state index in [-0.39, 0.29) is 0 Å². The van der Waals surface area contributed by atoms with Crippen molar-refractivity contribution in [1.29, 1.82) is 0 Å². The Bertz CT molecular complexity index is 3710. The van der Waals surface area contributed by atoms with Gasteiger partial charge >= 0.3 is 0 Å². The Hall–Kier alpha value is -8.41. The summed E-state index contributed by atoms with van der Waals surface area (Å²) in [4.78, 5) is 17.1. The van der Waals surface area contributed by atoms with Crippen LogP contribution < -0.4 is 0 Å². The van der Waals surface area contributed by atoms with Crippen LogP contribution in [0.4, 0.5) is 0 Å². The van der Waals surface area contributed by atoms with Crippen molar-refractivity contribution in [3.63, 3.8) is 0 Å². The zero-order valence-corrected chi connectivity index (χ0v) is 34.0. The van der Waals surface area contributed by atoms with Crippen LogP contribution in [0.1, 0.15) is 22.5 Å². The van der Waals surface area contributed by atoms with Crippen LogP contribution in [0.2, 0.25) is 0 Å². The Morgan fingerprint density at radius 3 is 1.71 bits per heavy atom. The molecule has 0 fully saturated rings. The van der Waals surface area contributed by atoms with Gasteiger partial charge in [-0.2, -0.15) is 9.97 Å². The molecule has 0 spiro atoms. The Balaban J connectivity index is 1.19. The molecule has 0 unspecified atom stereocenters. The van der Waals surface area contributed by atoms with E-state index in [1.807, 2.05) is 24.3 Å². The van der Waals surface area contributed by atoms with Crippen LogP contribution in [0, 0.1) is 0 Å². The van der Waals surface area contributed by atoms with E-state index in [4.69, 9.17) is 19.4 Å². The lowest BCUT2D eigenvalue weighted by molar-refractivity contribution is 0.669. The Morgan fingerprint density at radius 1 is 0.381 bits per heavy atom. The van der Waals surface area contributed by atoms with Gasteiger partial charge in [0.05, 0.1) is 11.0 Å². The predicted octanol–water partition coefficient (Wildman–Crippen LogP) is 14.2. The third-order valence-electron chi connectivity index (χ3n) is 12.9. The molecule has 13 rings (SSSR count). The number of para-hydroxylation sites is 2. The minimum atomic E-state index is -0.926. The van der Waals surface area contributed by atoms with Crippen molar-refractivity contribution in [1.82, 2.24) is 19.5 Å². The molecule has 0 aliphatic heterocycles. The van der Waals surface area contributed by atoms with Gasteiger partial charge in [-0.3, -0.25) is 4.57 Å². The van der Waals surface area contributed by atoms with Crippen LogP contribution in [0.25, 0.3) is 94.5 Å². The molecule has 3 heterocycles. The maximum absolute atomic E-state index is 6.48. The summed E-state index contributed by atoms with van der Waals surface area (Å²) in [7, 11) is 0. The van der Waals surface area contributed by atoms with Crippen molar-refractivity contribution in [3.8, 4) is 50.7 Å². The summed E-state index contributed by atoms with van der Waals surface area (Å²) in [5, 5.41) is 4.23. The Labute approximate surface area is 363 Å². The average molecular weight is 805 g/mol. The van der Waals surface area contributed by atoms with Gasteiger partial charge in [-0.15, -0.1) is 0 Å². The monoisotopic (exact) mass is 804 g/mol. The summed E-state index contributed by atoms with van der Waals surface area (Å²) in [6, 6.07) is 77.2. The summed E-state index contributed by atoms with van der Waals surface area (Å²) in [6.45, 7) is 0. The molecule has 0 saturated carbocycles. The molecule has 0 bridgehead atoms. The molecule has 0 saturated heterocycles. The summed E-state index contributed by atoms with van der Waals surface area (Å²) in [5.41, 5.74) is 13.7. The maximum atomic E-state index is 6.48. The van der Waals surface area contributed by atoms with Gasteiger partial charge in [0.15, 0.2) is 11.6 Å². The van der Waals surface area contributed by atoms with Crippen molar-refractivity contribution in [2.75, 3.05) is 0 Å². The van der Waals surface area contributed by atoms with Crippen molar-refractivity contribution in [2.45, 2.75) is 5.41 Å². The molecular formula is C58H36N4O. The van der Waals surface area contributed by atoms with Crippen LogP contribution in [-0.4, -0.2) is 19.5 Å². The smallest absolute Gasteiger partial charge is 0.238 e. The first-order valence-corrected chi connectivity index (χ1v) is 21.4. The standard InChI is InChI=1S/C58H36N4O/c1-3-17-37(18-4-1)39-21-15-22-41(35-39)58(48-28-11-7-23-42(48)43-24-8-12-29-49(43)58)56-59-55(47-27-16-32-53-54(47)46-26-10-14-31-52(46)63-53)60-57(61-56)62-50-30-13-9-25-44(50)45-34-33-40(36-51(45)62)38-19-5-2-6-20-38/h1-36H. The Morgan fingerprint density at radius 2 is 0.952 bits per heavy atom. The molecule has 294 valence electrons. The van der Waals surface area contributed by atoms with Gasteiger partial charge in [0, 0.05) is 27.1 Å². The molecular weight excluding hydrogens is 769 g/mol. The topological polar surface area (TPSA) is 56.7 Å². The summed E-state index contributed by atoms with van der Waals surface area (Å²) >= 11 is 0. The van der Waals surface area contributed by atoms with Gasteiger partial charge in [-0.05, 0) is 80.4 Å². The normalized spacial score (nSPS) is 12.9. The van der Waals surface area contributed by atoms with Crippen molar-refractivity contribution < 1.29 is 4.42 Å². The lowest BCUT2D eigenvalue weighted by atomic mass is 9.71. The number of nitrogens with zero attached hydrogens (tertiary/aromatic N) is 4. The fraction of sp³-hybridized carbons (Fsp3) is 0.0172. The van der Waals surface area contributed by atoms with E-state index in [2.05, 4.69) is 199 Å². The molecule has 0 radical (unpaired) electrons. The molecule has 5 nitrogen and oxygen atoms in total. The predicted molar refractivity (Wildman–Crippen MR) is 255 cm³/mol. The highest BCUT2D eigenvalue weighted by Gasteiger charge is 2.49. The summed E-state index contributed by atoms with van der Waals surface area (Å²) < 4.78 is 8.71. The fourth-order valence-electron chi connectivity index (χ4n) is 10.2. The first-order chi connectivity index (χ1) is 31.2. The molecule has 3 aromatic heterocycles. The number of furan rings is 1. The number of rotatable bonds is 6. The number of aromatic nitrogens is 4. The van der Waals surface area contributed by atoms with Gasteiger partial charge in [0.1, 0.15) is 16.6 Å². The second-order valence-corrected chi connectivity index (χ2v) is 16.3. The zero-order chi connectivity index (χ0) is 41.5. The maximum Gasteiger partial charge on any atom is 0.238 e. The molecule has 12 aromatic rings. The number of hydrogen-bond acceptors (Lipinski definition) is 4. The molecule has 1 aliphatic rings. The van der Waals surface area contributed by atoms with Gasteiger partial charge < -0.3 is 4.42 Å². The molecule has 0 N–H and O–H groups in total. The van der Waals surface area contributed by atoms with Crippen molar-refractivity contribution in [3.05, 3.63) is 241 Å². The third-order valence-corrected chi connectivity index (χ3v) is 12.9. The zero-order valence-electron chi connectivity index (χ0n) is 34.0. The van der Waals surface area contributed by atoms with Crippen LogP contribution in [0.3, 0.4) is 0 Å². The third kappa shape index (κ3) is 5.27. The van der Waals surface area contributed by atoms with Crippen LogP contribution in [-0.2, 0) is 5.41 Å². The quantitative estimate of drug-likeness (QED) is 0.168. The highest BCUT2D eigenvalue weighted by atomic mass is 16.3. The second-order valence-electron chi connectivity index (χ2n) is 16.3. The van der Waals surface area contributed by atoms with Crippen LogP contribution in [0.15, 0.2) is 223 Å². The summed E-state index contributed by atoms with van der Waals surface area (Å²) in [6.07, 6.45) is 0. The SMILES string of the molecule is c1ccc(-c2cccc(C3(c4nc(-c5cccc6oc7ccccc7c56)nc(-n5c6ccccc6c6ccc(-c7ccccc7)cc65)n4)c4ccccc4-c4ccccc43)c2)cc1. The van der Waals surface area contributed by atoms with Crippen LogP contribution in [0.5, 0.6) is 0 Å². The van der Waals surface area contributed by atoms with E-state index in [1.54, 1.807) is 0 Å².